The van der Waals surface area contributed by atoms with Gasteiger partial charge in [0, 0.05) is 5.57 Å². The number of carbonyl (C=O) groups excluding carboxylic acids is 1. The van der Waals surface area contributed by atoms with Crippen molar-refractivity contribution in [1.29, 1.82) is 0 Å². The minimum absolute atomic E-state index is 0.227. The molecule has 1 aliphatic rings. The van der Waals surface area contributed by atoms with Crippen molar-refractivity contribution in [2.45, 2.75) is 80.6 Å². The number of aromatic nitrogens is 2. The van der Waals surface area contributed by atoms with Gasteiger partial charge in [-0.05, 0) is 77.0 Å². The first-order valence-electron chi connectivity index (χ1n) is 13.5. The summed E-state index contributed by atoms with van der Waals surface area (Å²) < 4.78 is 0. The molecule has 0 saturated carbocycles. The summed E-state index contributed by atoms with van der Waals surface area (Å²) in [6.07, 6.45) is 5.30. The SMILES string of the molecule is C\C=C/C(C(=C(\C)CC)/c1nc(N)c2c(n1)NC(=O)C2(C)c1ccc(CC(C)(C)C(=O)O)cc1)=C(\C)C(C)C. The number of nitrogens with zero attached hydrogens (tertiary/aromatic N) is 2. The van der Waals surface area contributed by atoms with Crippen molar-refractivity contribution in [2.24, 2.45) is 11.3 Å². The fraction of sp³-hybridized carbons (Fsp3) is 0.438. The molecular formula is C32H42N4O3. The molecule has 3 rings (SSSR count). The van der Waals surface area contributed by atoms with Gasteiger partial charge in [-0.2, -0.15) is 0 Å². The Kier molecular flexibility index (Phi) is 8.53. The first kappa shape index (κ1) is 29.8. The molecule has 1 unspecified atom stereocenters. The monoisotopic (exact) mass is 530 g/mol. The maximum atomic E-state index is 13.5. The van der Waals surface area contributed by atoms with Crippen molar-refractivity contribution in [3.05, 3.63) is 75.7 Å². The predicted octanol–water partition coefficient (Wildman–Crippen LogP) is 6.70. The number of anilines is 2. The van der Waals surface area contributed by atoms with Crippen LogP contribution in [0.1, 0.15) is 91.2 Å². The molecule has 0 aliphatic carbocycles. The lowest BCUT2D eigenvalue weighted by Crippen LogP contribution is -2.33. The number of benzene rings is 1. The summed E-state index contributed by atoms with van der Waals surface area (Å²) in [6, 6.07) is 7.47. The second-order valence-corrected chi connectivity index (χ2v) is 11.6. The number of carboxylic acids is 1. The van der Waals surface area contributed by atoms with Gasteiger partial charge in [0.2, 0.25) is 5.91 Å². The van der Waals surface area contributed by atoms with Crippen molar-refractivity contribution in [1.82, 2.24) is 9.97 Å². The topological polar surface area (TPSA) is 118 Å². The molecule has 2 heterocycles. The van der Waals surface area contributed by atoms with Gasteiger partial charge >= 0.3 is 5.97 Å². The van der Waals surface area contributed by atoms with Crippen molar-refractivity contribution < 1.29 is 14.7 Å². The van der Waals surface area contributed by atoms with Crippen LogP contribution in [-0.4, -0.2) is 27.0 Å². The number of fused-ring (bicyclic) bond motifs is 1. The highest BCUT2D eigenvalue weighted by Crippen LogP contribution is 2.45. The average molecular weight is 531 g/mol. The Balaban J connectivity index is 2.15. The van der Waals surface area contributed by atoms with Gasteiger partial charge in [0.1, 0.15) is 17.1 Å². The lowest BCUT2D eigenvalue weighted by atomic mass is 9.77. The van der Waals surface area contributed by atoms with Crippen LogP contribution in [0.25, 0.3) is 5.57 Å². The molecule has 2 aromatic rings. The molecule has 1 amide bonds. The van der Waals surface area contributed by atoms with Crippen molar-refractivity contribution in [2.75, 3.05) is 11.1 Å². The third-order valence-corrected chi connectivity index (χ3v) is 7.95. The average Bonchev–Trinajstić information content (AvgIpc) is 3.13. The quantitative estimate of drug-likeness (QED) is 0.310. The van der Waals surface area contributed by atoms with Crippen LogP contribution >= 0.6 is 0 Å². The Morgan fingerprint density at radius 2 is 1.79 bits per heavy atom. The Morgan fingerprint density at radius 1 is 1.18 bits per heavy atom. The zero-order chi connectivity index (χ0) is 29.3. The predicted molar refractivity (Wildman–Crippen MR) is 158 cm³/mol. The highest BCUT2D eigenvalue weighted by Gasteiger charge is 2.47. The van der Waals surface area contributed by atoms with Crippen LogP contribution in [0.2, 0.25) is 0 Å². The van der Waals surface area contributed by atoms with Crippen LogP contribution in [0.4, 0.5) is 11.6 Å². The van der Waals surface area contributed by atoms with Gasteiger partial charge in [0.15, 0.2) is 5.82 Å². The molecule has 0 bridgehead atoms. The molecule has 0 radical (unpaired) electrons. The number of nitrogens with one attached hydrogen (secondary N) is 1. The summed E-state index contributed by atoms with van der Waals surface area (Å²) >= 11 is 0. The summed E-state index contributed by atoms with van der Waals surface area (Å²) in [6.45, 7) is 17.8. The fourth-order valence-electron chi connectivity index (χ4n) is 4.94. The second-order valence-electron chi connectivity index (χ2n) is 11.6. The van der Waals surface area contributed by atoms with E-state index in [9.17, 15) is 14.7 Å². The second kappa shape index (κ2) is 11.2. The summed E-state index contributed by atoms with van der Waals surface area (Å²) in [7, 11) is 0. The van der Waals surface area contributed by atoms with E-state index >= 15 is 0 Å². The van der Waals surface area contributed by atoms with Gasteiger partial charge in [-0.1, -0.05) is 68.3 Å². The summed E-state index contributed by atoms with van der Waals surface area (Å²) in [4.78, 5) is 34.7. The van der Waals surface area contributed by atoms with Gasteiger partial charge in [-0.3, -0.25) is 9.59 Å². The largest absolute Gasteiger partial charge is 0.481 e. The zero-order valence-electron chi connectivity index (χ0n) is 24.7. The van der Waals surface area contributed by atoms with E-state index < -0.39 is 16.8 Å². The van der Waals surface area contributed by atoms with Gasteiger partial charge in [-0.25, -0.2) is 9.97 Å². The summed E-state index contributed by atoms with van der Waals surface area (Å²) in [5.41, 5.74) is 11.2. The standard InChI is InChI=1S/C32H42N4O3/c1-10-12-23(20(6)18(3)4)24(19(5)11-2)27-34-26(33)25-28(35-27)36-29(37)32(25,9)22-15-13-21(14-16-22)17-31(7,8)30(38)39/h10,12-16,18H,11,17H2,1-9H3,(H,38,39)(H3,33,34,35,36,37)/b12-10-,23-20-,24-19-. The molecule has 4 N–H and O–H groups in total. The fourth-order valence-corrected chi connectivity index (χ4v) is 4.94. The molecule has 0 fully saturated rings. The van der Waals surface area contributed by atoms with Crippen LogP contribution in [0, 0.1) is 11.3 Å². The molecule has 1 atom stereocenters. The van der Waals surface area contributed by atoms with E-state index in [0.29, 0.717) is 29.5 Å². The number of aliphatic carboxylic acids is 1. The molecular weight excluding hydrogens is 488 g/mol. The van der Waals surface area contributed by atoms with E-state index in [1.54, 1.807) is 13.8 Å². The number of allylic oxidation sites excluding steroid dienone is 6. The normalized spacial score (nSPS) is 18.7. The van der Waals surface area contributed by atoms with Crippen LogP contribution in [0.5, 0.6) is 0 Å². The zero-order valence-corrected chi connectivity index (χ0v) is 24.7. The van der Waals surface area contributed by atoms with E-state index in [2.05, 4.69) is 46.0 Å². The Labute approximate surface area is 232 Å². The van der Waals surface area contributed by atoms with E-state index in [-0.39, 0.29) is 11.7 Å². The van der Waals surface area contributed by atoms with Crippen LogP contribution in [0.15, 0.2) is 53.1 Å². The van der Waals surface area contributed by atoms with Crippen LogP contribution in [-0.2, 0) is 21.4 Å². The Bertz CT molecular complexity index is 1380. The first-order chi connectivity index (χ1) is 18.2. The lowest BCUT2D eigenvalue weighted by molar-refractivity contribution is -0.146. The minimum atomic E-state index is -1.09. The number of carbonyl (C=O) groups is 2. The number of hydrogen-bond acceptors (Lipinski definition) is 5. The summed E-state index contributed by atoms with van der Waals surface area (Å²) in [5, 5.41) is 12.5. The van der Waals surface area contributed by atoms with Crippen molar-refractivity contribution >= 4 is 29.1 Å². The number of nitrogen functional groups attached to an aromatic ring is 1. The molecule has 39 heavy (non-hydrogen) atoms. The lowest BCUT2D eigenvalue weighted by Gasteiger charge is -2.25. The minimum Gasteiger partial charge on any atom is -0.481 e. The highest BCUT2D eigenvalue weighted by molar-refractivity contribution is 6.09. The van der Waals surface area contributed by atoms with Crippen LogP contribution < -0.4 is 11.1 Å². The number of amides is 1. The van der Waals surface area contributed by atoms with Gasteiger partial charge in [0.05, 0.1) is 11.0 Å². The Hall–Kier alpha value is -3.74. The third kappa shape index (κ3) is 5.54. The van der Waals surface area contributed by atoms with Crippen LogP contribution in [0.3, 0.4) is 0 Å². The smallest absolute Gasteiger partial charge is 0.309 e. The van der Waals surface area contributed by atoms with E-state index in [0.717, 1.165) is 34.3 Å². The van der Waals surface area contributed by atoms with Gasteiger partial charge < -0.3 is 16.2 Å². The van der Waals surface area contributed by atoms with E-state index in [1.165, 1.54) is 5.57 Å². The molecule has 0 saturated heterocycles. The van der Waals surface area contributed by atoms with Crippen molar-refractivity contribution in [3.8, 4) is 0 Å². The van der Waals surface area contributed by atoms with Gasteiger partial charge in [0.25, 0.3) is 0 Å². The molecule has 208 valence electrons. The third-order valence-electron chi connectivity index (χ3n) is 7.95. The van der Waals surface area contributed by atoms with Crippen molar-refractivity contribution in [3.63, 3.8) is 0 Å². The maximum Gasteiger partial charge on any atom is 0.309 e. The van der Waals surface area contributed by atoms with Gasteiger partial charge in [-0.15, -0.1) is 0 Å². The number of carboxylic acid groups (broad SMARTS) is 1. The molecule has 7 heteroatoms. The molecule has 1 aliphatic heterocycles. The number of hydrogen-bond donors (Lipinski definition) is 3. The highest BCUT2D eigenvalue weighted by atomic mass is 16.4. The summed E-state index contributed by atoms with van der Waals surface area (Å²) in [5.74, 6) is 0.421. The number of nitrogens with two attached hydrogens (primary N) is 1. The molecule has 1 aromatic carbocycles. The Morgan fingerprint density at radius 3 is 2.31 bits per heavy atom. The first-order valence-corrected chi connectivity index (χ1v) is 13.5. The molecule has 0 spiro atoms. The molecule has 1 aromatic heterocycles. The van der Waals surface area contributed by atoms with E-state index in [4.69, 9.17) is 15.7 Å². The molecule has 7 nitrogen and oxygen atoms in total. The maximum absolute atomic E-state index is 13.5. The number of rotatable bonds is 9. The van der Waals surface area contributed by atoms with E-state index in [1.807, 2.05) is 44.2 Å².